The van der Waals surface area contributed by atoms with E-state index >= 15 is 0 Å². The number of carbonyl (C=O) groups excluding carboxylic acids is 2. The number of para-hydroxylation sites is 1. The number of benzene rings is 1. The molecular formula is C16H22ClN3O2. The zero-order valence-corrected chi connectivity index (χ0v) is 13.6. The Kier molecular flexibility index (Phi) is 5.42. The number of hydrogen-bond donors (Lipinski definition) is 2. The van der Waals surface area contributed by atoms with Crippen molar-refractivity contribution in [3.05, 3.63) is 29.3 Å². The van der Waals surface area contributed by atoms with Crippen LogP contribution in [0.1, 0.15) is 26.7 Å². The third-order valence-corrected chi connectivity index (χ3v) is 4.42. The minimum absolute atomic E-state index is 0.121. The lowest BCUT2D eigenvalue weighted by atomic mass is 10.00. The lowest BCUT2D eigenvalue weighted by Gasteiger charge is -2.33. The molecule has 3 N–H and O–H groups in total. The van der Waals surface area contributed by atoms with Crippen molar-refractivity contribution in [1.82, 2.24) is 5.32 Å². The average molecular weight is 324 g/mol. The predicted molar refractivity (Wildman–Crippen MR) is 87.8 cm³/mol. The fraction of sp³-hybridized carbons (Fsp3) is 0.500. The summed E-state index contributed by atoms with van der Waals surface area (Å²) in [5.41, 5.74) is 6.43. The largest absolute Gasteiger partial charge is 0.344 e. The molecule has 1 saturated heterocycles. The zero-order valence-electron chi connectivity index (χ0n) is 12.9. The maximum atomic E-state index is 12.6. The van der Waals surface area contributed by atoms with Crippen LogP contribution < -0.4 is 16.0 Å². The summed E-state index contributed by atoms with van der Waals surface area (Å²) in [5.74, 6) is -0.637. The second-order valence-electron chi connectivity index (χ2n) is 5.79. The molecule has 2 amide bonds. The van der Waals surface area contributed by atoms with Crippen molar-refractivity contribution >= 4 is 29.1 Å². The van der Waals surface area contributed by atoms with Crippen LogP contribution in [-0.4, -0.2) is 30.4 Å². The summed E-state index contributed by atoms with van der Waals surface area (Å²) in [7, 11) is 0. The van der Waals surface area contributed by atoms with Gasteiger partial charge in [-0.3, -0.25) is 9.59 Å². The molecule has 1 aromatic rings. The minimum Gasteiger partial charge on any atom is -0.344 e. The number of anilines is 1. The molecule has 2 rings (SSSR count). The van der Waals surface area contributed by atoms with Gasteiger partial charge < -0.3 is 16.0 Å². The molecule has 1 fully saturated rings. The van der Waals surface area contributed by atoms with Crippen molar-refractivity contribution in [1.29, 1.82) is 0 Å². The van der Waals surface area contributed by atoms with Gasteiger partial charge in [0.05, 0.1) is 10.7 Å². The first kappa shape index (κ1) is 16.8. The van der Waals surface area contributed by atoms with Crippen molar-refractivity contribution < 1.29 is 9.59 Å². The third-order valence-electron chi connectivity index (χ3n) is 4.10. The Balaban J connectivity index is 2.11. The molecule has 1 heterocycles. The van der Waals surface area contributed by atoms with Crippen LogP contribution in [-0.2, 0) is 9.59 Å². The number of nitrogens with one attached hydrogen (secondary N) is 1. The van der Waals surface area contributed by atoms with Gasteiger partial charge in [0.15, 0.2) is 0 Å². The Bertz CT molecular complexity index is 562. The molecule has 0 spiro atoms. The summed E-state index contributed by atoms with van der Waals surface area (Å²) >= 11 is 6.17. The van der Waals surface area contributed by atoms with Crippen LogP contribution >= 0.6 is 11.6 Å². The van der Waals surface area contributed by atoms with Crippen molar-refractivity contribution in [2.45, 2.75) is 38.8 Å². The number of halogens is 1. The van der Waals surface area contributed by atoms with E-state index in [1.165, 1.54) is 0 Å². The van der Waals surface area contributed by atoms with Crippen LogP contribution in [0.2, 0.25) is 5.02 Å². The van der Waals surface area contributed by atoms with Gasteiger partial charge in [-0.1, -0.05) is 30.7 Å². The molecule has 0 bridgehead atoms. The van der Waals surface area contributed by atoms with E-state index in [0.717, 1.165) is 6.42 Å². The Labute approximate surface area is 135 Å². The molecule has 1 aromatic carbocycles. The lowest BCUT2D eigenvalue weighted by Crippen LogP contribution is -2.54. The summed E-state index contributed by atoms with van der Waals surface area (Å²) in [6.07, 6.45) is 1.45. The summed E-state index contributed by atoms with van der Waals surface area (Å²) in [4.78, 5) is 26.4. The Morgan fingerprint density at radius 1 is 1.41 bits per heavy atom. The van der Waals surface area contributed by atoms with Gasteiger partial charge in [-0.15, -0.1) is 0 Å². The highest BCUT2D eigenvalue weighted by Gasteiger charge is 2.32. The molecule has 120 valence electrons. The highest BCUT2D eigenvalue weighted by Crippen LogP contribution is 2.28. The normalized spacial score (nSPS) is 21.4. The third kappa shape index (κ3) is 3.59. The van der Waals surface area contributed by atoms with Gasteiger partial charge in [0.25, 0.3) is 0 Å². The fourth-order valence-corrected chi connectivity index (χ4v) is 2.70. The highest BCUT2D eigenvalue weighted by atomic mass is 35.5. The molecule has 5 nitrogen and oxygen atoms in total. The van der Waals surface area contributed by atoms with Gasteiger partial charge in [-0.2, -0.15) is 0 Å². The van der Waals surface area contributed by atoms with Crippen molar-refractivity contribution in [2.75, 3.05) is 11.4 Å². The smallest absolute Gasteiger partial charge is 0.249 e. The van der Waals surface area contributed by atoms with Crippen LogP contribution in [0, 0.1) is 5.92 Å². The standard InChI is InChI=1S/C16H22ClN3O2/c1-10(11(2)18)15(21)19-13-7-5-9-20(16(13)22)14-8-4-3-6-12(14)17/h3-4,6,8,10-11,13H,5,7,9,18H2,1-2H3,(H,19,21). The van der Waals surface area contributed by atoms with E-state index in [-0.39, 0.29) is 23.8 Å². The molecule has 1 aliphatic rings. The van der Waals surface area contributed by atoms with E-state index in [1.807, 2.05) is 18.2 Å². The van der Waals surface area contributed by atoms with Crippen LogP contribution in [0.15, 0.2) is 24.3 Å². The van der Waals surface area contributed by atoms with Gasteiger partial charge in [-0.05, 0) is 31.9 Å². The Hall–Kier alpha value is -1.59. The van der Waals surface area contributed by atoms with Gasteiger partial charge >= 0.3 is 0 Å². The molecule has 0 aliphatic carbocycles. The van der Waals surface area contributed by atoms with Crippen LogP contribution in [0.25, 0.3) is 0 Å². The minimum atomic E-state index is -0.515. The highest BCUT2D eigenvalue weighted by molar-refractivity contribution is 6.33. The second kappa shape index (κ2) is 7.11. The summed E-state index contributed by atoms with van der Waals surface area (Å²) in [6, 6.07) is 6.47. The van der Waals surface area contributed by atoms with Crippen molar-refractivity contribution in [3.8, 4) is 0 Å². The fourth-order valence-electron chi connectivity index (χ4n) is 2.46. The number of amides is 2. The Morgan fingerprint density at radius 2 is 2.09 bits per heavy atom. The SMILES string of the molecule is CC(N)C(C)C(=O)NC1CCCN(c2ccccc2Cl)C1=O. The Morgan fingerprint density at radius 3 is 2.73 bits per heavy atom. The zero-order chi connectivity index (χ0) is 16.3. The molecule has 22 heavy (non-hydrogen) atoms. The van der Waals surface area contributed by atoms with Gasteiger partial charge in [0.1, 0.15) is 6.04 Å². The van der Waals surface area contributed by atoms with Crippen molar-refractivity contribution in [3.63, 3.8) is 0 Å². The van der Waals surface area contributed by atoms with E-state index < -0.39 is 6.04 Å². The maximum absolute atomic E-state index is 12.6. The van der Waals surface area contributed by atoms with E-state index in [9.17, 15) is 9.59 Å². The number of rotatable bonds is 4. The molecule has 1 aliphatic heterocycles. The summed E-state index contributed by atoms with van der Waals surface area (Å²) in [6.45, 7) is 4.15. The number of nitrogens with two attached hydrogens (primary N) is 1. The first-order valence-corrected chi connectivity index (χ1v) is 7.91. The maximum Gasteiger partial charge on any atom is 0.249 e. The van der Waals surface area contributed by atoms with Crippen LogP contribution in [0.3, 0.4) is 0 Å². The average Bonchev–Trinajstić information content (AvgIpc) is 2.49. The van der Waals surface area contributed by atoms with Gasteiger partial charge in [-0.25, -0.2) is 0 Å². The summed E-state index contributed by atoms with van der Waals surface area (Å²) in [5, 5.41) is 3.35. The second-order valence-corrected chi connectivity index (χ2v) is 6.20. The molecule has 3 unspecified atom stereocenters. The quantitative estimate of drug-likeness (QED) is 0.889. The number of carbonyl (C=O) groups is 2. The molecule has 6 heteroatoms. The van der Waals surface area contributed by atoms with Gasteiger partial charge in [0.2, 0.25) is 11.8 Å². The number of piperidine rings is 1. The lowest BCUT2D eigenvalue weighted by molar-refractivity contribution is -0.130. The van der Waals surface area contributed by atoms with Gasteiger partial charge in [0, 0.05) is 18.5 Å². The monoisotopic (exact) mass is 323 g/mol. The topological polar surface area (TPSA) is 75.4 Å². The molecule has 3 atom stereocenters. The van der Waals surface area contributed by atoms with E-state index in [1.54, 1.807) is 24.8 Å². The van der Waals surface area contributed by atoms with E-state index in [0.29, 0.717) is 23.7 Å². The predicted octanol–water partition coefficient (Wildman–Crippen LogP) is 1.93. The van der Waals surface area contributed by atoms with E-state index in [4.69, 9.17) is 17.3 Å². The van der Waals surface area contributed by atoms with Crippen molar-refractivity contribution in [2.24, 2.45) is 11.7 Å². The molecular weight excluding hydrogens is 302 g/mol. The molecule has 0 radical (unpaired) electrons. The molecule has 0 saturated carbocycles. The first-order chi connectivity index (χ1) is 10.4. The molecule has 0 aromatic heterocycles. The number of hydrogen-bond acceptors (Lipinski definition) is 3. The number of nitrogens with zero attached hydrogens (tertiary/aromatic N) is 1. The summed E-state index contributed by atoms with van der Waals surface area (Å²) < 4.78 is 0. The van der Waals surface area contributed by atoms with E-state index in [2.05, 4.69) is 5.32 Å². The first-order valence-electron chi connectivity index (χ1n) is 7.53. The van der Waals surface area contributed by atoms with Crippen LogP contribution in [0.4, 0.5) is 5.69 Å². The van der Waals surface area contributed by atoms with Crippen LogP contribution in [0.5, 0.6) is 0 Å².